The molecule has 2 fully saturated rings. The van der Waals surface area contributed by atoms with Gasteiger partial charge in [-0.25, -0.2) is 9.97 Å². The van der Waals surface area contributed by atoms with E-state index >= 15 is 0 Å². The Morgan fingerprint density at radius 1 is 1.28 bits per heavy atom. The number of thiophene rings is 1. The number of anilines is 1. The first-order chi connectivity index (χ1) is 12.3. The van der Waals surface area contributed by atoms with E-state index in [1.807, 2.05) is 27.8 Å². The van der Waals surface area contributed by atoms with Crippen LogP contribution in [0.25, 0.3) is 0 Å². The zero-order valence-electron chi connectivity index (χ0n) is 14.1. The molecule has 2 aliphatic heterocycles. The van der Waals surface area contributed by atoms with Gasteiger partial charge < -0.3 is 14.5 Å². The molecule has 2 aliphatic rings. The molecule has 0 bridgehead atoms. The second kappa shape index (κ2) is 7.49. The van der Waals surface area contributed by atoms with Crippen LogP contribution in [0.2, 0.25) is 0 Å². The summed E-state index contributed by atoms with van der Waals surface area (Å²) in [7, 11) is 0. The van der Waals surface area contributed by atoms with Crippen LogP contribution in [0.1, 0.15) is 12.0 Å². The van der Waals surface area contributed by atoms with Gasteiger partial charge in [-0.3, -0.25) is 4.79 Å². The first kappa shape index (κ1) is 16.5. The Hall–Kier alpha value is -1.99. The minimum Gasteiger partial charge on any atom is -0.374 e. The first-order valence-corrected chi connectivity index (χ1v) is 9.66. The number of likely N-dealkylation sites (tertiary alicyclic amines) is 1. The quantitative estimate of drug-likeness (QED) is 0.838. The van der Waals surface area contributed by atoms with Gasteiger partial charge in [0.1, 0.15) is 0 Å². The summed E-state index contributed by atoms with van der Waals surface area (Å²) in [5.41, 5.74) is 1.10. The molecule has 25 heavy (non-hydrogen) atoms. The maximum absolute atomic E-state index is 12.6. The van der Waals surface area contributed by atoms with E-state index in [1.54, 1.807) is 23.7 Å². The van der Waals surface area contributed by atoms with Crippen LogP contribution in [0.5, 0.6) is 0 Å². The fraction of sp³-hybridized carbons (Fsp3) is 0.500. The van der Waals surface area contributed by atoms with Gasteiger partial charge in [0.05, 0.1) is 19.1 Å². The molecule has 0 radical (unpaired) electrons. The molecule has 2 saturated heterocycles. The van der Waals surface area contributed by atoms with Gasteiger partial charge in [0.15, 0.2) is 0 Å². The Balaban J connectivity index is 1.38. The first-order valence-electron chi connectivity index (χ1n) is 8.72. The predicted octanol–water partition coefficient (Wildman–Crippen LogP) is 1.83. The van der Waals surface area contributed by atoms with E-state index in [9.17, 15) is 4.79 Å². The molecule has 0 spiro atoms. The van der Waals surface area contributed by atoms with Gasteiger partial charge in [-0.1, -0.05) is 0 Å². The van der Waals surface area contributed by atoms with E-state index in [2.05, 4.69) is 14.9 Å². The molecule has 7 heteroatoms. The average molecular weight is 358 g/mol. The van der Waals surface area contributed by atoms with Gasteiger partial charge in [-0.15, -0.1) is 0 Å². The van der Waals surface area contributed by atoms with E-state index in [-0.39, 0.29) is 12.0 Å². The summed E-state index contributed by atoms with van der Waals surface area (Å²) >= 11 is 1.63. The topological polar surface area (TPSA) is 58.6 Å². The Bertz CT molecular complexity index is 694. The van der Waals surface area contributed by atoms with E-state index in [0.717, 1.165) is 37.6 Å². The summed E-state index contributed by atoms with van der Waals surface area (Å²) in [5, 5.41) is 4.06. The highest BCUT2D eigenvalue weighted by Crippen LogP contribution is 2.26. The van der Waals surface area contributed by atoms with Crippen molar-refractivity contribution >= 4 is 23.2 Å². The van der Waals surface area contributed by atoms with Gasteiger partial charge >= 0.3 is 0 Å². The van der Waals surface area contributed by atoms with Crippen molar-refractivity contribution in [1.29, 1.82) is 0 Å². The predicted molar refractivity (Wildman–Crippen MR) is 96.7 cm³/mol. The Morgan fingerprint density at radius 3 is 2.96 bits per heavy atom. The number of ether oxygens (including phenoxy) is 1. The third kappa shape index (κ3) is 3.82. The highest BCUT2D eigenvalue weighted by atomic mass is 32.1. The number of rotatable bonds is 3. The SMILES string of the molecule is O=C(Cc1ccsc1)N1CC[C@@H]2CN(c3ncccn3)CCO[C@@H]2C1. The summed E-state index contributed by atoms with van der Waals surface area (Å²) in [6.07, 6.45) is 5.11. The van der Waals surface area contributed by atoms with Crippen molar-refractivity contribution in [3.05, 3.63) is 40.8 Å². The fourth-order valence-corrected chi connectivity index (χ4v) is 4.26. The van der Waals surface area contributed by atoms with Crippen LogP contribution in [0.4, 0.5) is 5.95 Å². The lowest BCUT2D eigenvalue weighted by Gasteiger charge is -2.38. The highest BCUT2D eigenvalue weighted by Gasteiger charge is 2.35. The molecule has 2 aromatic rings. The van der Waals surface area contributed by atoms with Gasteiger partial charge in [0.25, 0.3) is 0 Å². The van der Waals surface area contributed by atoms with Gasteiger partial charge in [0.2, 0.25) is 11.9 Å². The standard InChI is InChI=1S/C18H22N4O2S/c23-17(10-14-3-9-25-13-14)21-6-2-15-11-22(7-8-24-16(15)12-21)18-19-4-1-5-20-18/h1,3-5,9,13,15-16H,2,6-8,10-12H2/t15-,16-/m1/s1. The van der Waals surface area contributed by atoms with E-state index in [4.69, 9.17) is 4.74 Å². The van der Waals surface area contributed by atoms with Crippen LogP contribution in [0, 0.1) is 5.92 Å². The van der Waals surface area contributed by atoms with Crippen LogP contribution < -0.4 is 4.90 Å². The minimum absolute atomic E-state index is 0.105. The summed E-state index contributed by atoms with van der Waals surface area (Å²) in [6.45, 7) is 3.82. The van der Waals surface area contributed by atoms with Crippen LogP contribution in [-0.2, 0) is 16.0 Å². The van der Waals surface area contributed by atoms with Crippen molar-refractivity contribution in [3.8, 4) is 0 Å². The molecule has 6 nitrogen and oxygen atoms in total. The van der Waals surface area contributed by atoms with Crippen molar-refractivity contribution < 1.29 is 9.53 Å². The van der Waals surface area contributed by atoms with E-state index < -0.39 is 0 Å². The third-order valence-corrected chi connectivity index (χ3v) is 5.70. The summed E-state index contributed by atoms with van der Waals surface area (Å²) in [4.78, 5) is 25.4. The molecule has 2 aromatic heterocycles. The smallest absolute Gasteiger partial charge is 0.227 e. The zero-order chi connectivity index (χ0) is 17.1. The normalized spacial score (nSPS) is 23.8. The van der Waals surface area contributed by atoms with E-state index in [0.29, 0.717) is 25.5 Å². The molecule has 1 amide bonds. The number of hydrogen-bond donors (Lipinski definition) is 0. The maximum Gasteiger partial charge on any atom is 0.227 e. The number of nitrogens with zero attached hydrogens (tertiary/aromatic N) is 4. The Kier molecular flexibility index (Phi) is 4.94. The number of hydrogen-bond acceptors (Lipinski definition) is 6. The fourth-order valence-electron chi connectivity index (χ4n) is 3.59. The summed E-state index contributed by atoms with van der Waals surface area (Å²) in [6, 6.07) is 3.85. The lowest BCUT2D eigenvalue weighted by atomic mass is 9.93. The average Bonchev–Trinajstić information content (AvgIpc) is 3.06. The molecule has 4 rings (SSSR count). The van der Waals surface area contributed by atoms with Gasteiger partial charge in [-0.05, 0) is 34.9 Å². The molecular formula is C18H22N4O2S. The number of amides is 1. The summed E-state index contributed by atoms with van der Waals surface area (Å²) in [5.74, 6) is 1.38. The third-order valence-electron chi connectivity index (χ3n) is 4.97. The largest absolute Gasteiger partial charge is 0.374 e. The van der Waals surface area contributed by atoms with Crippen molar-refractivity contribution in [2.24, 2.45) is 5.92 Å². The lowest BCUT2D eigenvalue weighted by molar-refractivity contribution is -0.136. The second-order valence-corrected chi connectivity index (χ2v) is 7.38. The molecule has 132 valence electrons. The number of carbonyl (C=O) groups excluding carboxylic acids is 1. The number of carbonyl (C=O) groups is 1. The molecular weight excluding hydrogens is 336 g/mol. The minimum atomic E-state index is 0.105. The number of piperidine rings is 1. The molecule has 0 N–H and O–H groups in total. The molecule has 4 heterocycles. The highest BCUT2D eigenvalue weighted by molar-refractivity contribution is 7.08. The molecule has 0 unspecified atom stereocenters. The molecule has 0 aromatic carbocycles. The monoisotopic (exact) mass is 358 g/mol. The van der Waals surface area contributed by atoms with E-state index in [1.165, 1.54) is 0 Å². The van der Waals surface area contributed by atoms with Crippen molar-refractivity contribution in [2.75, 3.05) is 37.7 Å². The Morgan fingerprint density at radius 2 is 2.16 bits per heavy atom. The maximum atomic E-state index is 12.6. The van der Waals surface area contributed by atoms with Crippen LogP contribution in [0.3, 0.4) is 0 Å². The van der Waals surface area contributed by atoms with Crippen molar-refractivity contribution in [1.82, 2.24) is 14.9 Å². The van der Waals surface area contributed by atoms with Crippen LogP contribution in [-0.4, -0.2) is 59.7 Å². The number of aromatic nitrogens is 2. The van der Waals surface area contributed by atoms with Gasteiger partial charge in [0, 0.05) is 44.5 Å². The van der Waals surface area contributed by atoms with Gasteiger partial charge in [-0.2, -0.15) is 11.3 Å². The molecule has 2 atom stereocenters. The second-order valence-electron chi connectivity index (χ2n) is 6.60. The Labute approximate surface area is 151 Å². The summed E-state index contributed by atoms with van der Waals surface area (Å²) < 4.78 is 6.09. The van der Waals surface area contributed by atoms with Crippen LogP contribution >= 0.6 is 11.3 Å². The molecule has 0 saturated carbocycles. The van der Waals surface area contributed by atoms with Crippen molar-refractivity contribution in [3.63, 3.8) is 0 Å². The number of fused-ring (bicyclic) bond motifs is 1. The van der Waals surface area contributed by atoms with Crippen molar-refractivity contribution in [2.45, 2.75) is 18.9 Å². The van der Waals surface area contributed by atoms with Crippen LogP contribution in [0.15, 0.2) is 35.3 Å². The zero-order valence-corrected chi connectivity index (χ0v) is 14.9. The lowest BCUT2D eigenvalue weighted by Crippen LogP contribution is -2.49. The molecule has 0 aliphatic carbocycles.